The molecule has 2 heterocycles. The zero-order chi connectivity index (χ0) is 11.4. The van der Waals surface area contributed by atoms with Crippen LogP contribution in [0.1, 0.15) is 17.0 Å². The van der Waals surface area contributed by atoms with E-state index in [2.05, 4.69) is 21.5 Å². The first-order chi connectivity index (χ1) is 7.78. The van der Waals surface area contributed by atoms with Crippen LogP contribution in [-0.2, 0) is 13.1 Å². The summed E-state index contributed by atoms with van der Waals surface area (Å²) in [5.74, 6) is 0. The smallest absolute Gasteiger partial charge is 0.0831 e. The maximum absolute atomic E-state index is 4.40. The monoisotopic (exact) mass is 216 g/mol. The van der Waals surface area contributed by atoms with E-state index in [-0.39, 0.29) is 0 Å². The van der Waals surface area contributed by atoms with Gasteiger partial charge in [0.15, 0.2) is 0 Å². The van der Waals surface area contributed by atoms with Gasteiger partial charge in [-0.15, -0.1) is 0 Å². The zero-order valence-corrected chi connectivity index (χ0v) is 9.64. The van der Waals surface area contributed by atoms with Crippen molar-refractivity contribution in [1.29, 1.82) is 0 Å². The second-order valence-electron chi connectivity index (χ2n) is 3.84. The number of nitrogens with zero attached hydrogens (tertiary/aromatic N) is 3. The van der Waals surface area contributed by atoms with Gasteiger partial charge in [0, 0.05) is 18.9 Å². The molecule has 0 aliphatic carbocycles. The predicted octanol–water partition coefficient (Wildman–Crippen LogP) is 1.35. The highest BCUT2D eigenvalue weighted by Crippen LogP contribution is 2.02. The molecule has 4 nitrogen and oxygen atoms in total. The first kappa shape index (κ1) is 10.8. The van der Waals surface area contributed by atoms with Crippen molar-refractivity contribution < 1.29 is 0 Å². The van der Waals surface area contributed by atoms with E-state index in [1.165, 1.54) is 5.56 Å². The van der Waals surface area contributed by atoms with Crippen LogP contribution >= 0.6 is 0 Å². The Hall–Kier alpha value is -1.68. The summed E-state index contributed by atoms with van der Waals surface area (Å²) in [5, 5.41) is 7.43. The van der Waals surface area contributed by atoms with Crippen LogP contribution in [0.2, 0.25) is 0 Å². The lowest BCUT2D eigenvalue weighted by Crippen LogP contribution is -2.07. The molecule has 0 radical (unpaired) electrons. The minimum atomic E-state index is 0.730. The first-order valence-corrected chi connectivity index (χ1v) is 5.36. The molecule has 0 saturated heterocycles. The van der Waals surface area contributed by atoms with Crippen LogP contribution < -0.4 is 5.32 Å². The maximum Gasteiger partial charge on any atom is 0.0831 e. The summed E-state index contributed by atoms with van der Waals surface area (Å²) in [6.07, 6.45) is 3.88. The molecule has 4 heteroatoms. The van der Waals surface area contributed by atoms with Gasteiger partial charge in [-0.2, -0.15) is 5.10 Å². The number of rotatable bonds is 4. The normalized spacial score (nSPS) is 10.6. The number of nitrogens with one attached hydrogen (secondary N) is 1. The Morgan fingerprint density at radius 3 is 2.75 bits per heavy atom. The quantitative estimate of drug-likeness (QED) is 0.839. The molecule has 2 aromatic heterocycles. The summed E-state index contributed by atoms with van der Waals surface area (Å²) in [6.45, 7) is 3.57. The molecule has 0 aliphatic rings. The van der Waals surface area contributed by atoms with Gasteiger partial charge in [0.1, 0.15) is 0 Å². The van der Waals surface area contributed by atoms with E-state index in [4.69, 9.17) is 0 Å². The van der Waals surface area contributed by atoms with Gasteiger partial charge >= 0.3 is 0 Å². The third-order valence-electron chi connectivity index (χ3n) is 2.36. The zero-order valence-electron chi connectivity index (χ0n) is 9.64. The molecule has 2 rings (SSSR count). The van der Waals surface area contributed by atoms with E-state index >= 15 is 0 Å². The van der Waals surface area contributed by atoms with E-state index in [1.807, 2.05) is 43.2 Å². The summed E-state index contributed by atoms with van der Waals surface area (Å²) in [5.41, 5.74) is 3.26. The molecule has 0 unspecified atom stereocenters. The van der Waals surface area contributed by atoms with Gasteiger partial charge in [0.2, 0.25) is 0 Å². The second-order valence-corrected chi connectivity index (χ2v) is 3.84. The molecule has 84 valence electrons. The third kappa shape index (κ3) is 2.67. The SMILES string of the molecule is CNCc1ccc(Cn2ccc(C)n2)nc1. The minimum absolute atomic E-state index is 0.730. The number of aromatic nitrogens is 3. The molecule has 1 N–H and O–H groups in total. The van der Waals surface area contributed by atoms with Crippen molar-refractivity contribution >= 4 is 0 Å². The molecule has 16 heavy (non-hydrogen) atoms. The fourth-order valence-corrected chi connectivity index (χ4v) is 1.57. The van der Waals surface area contributed by atoms with Gasteiger partial charge in [-0.1, -0.05) is 6.07 Å². The van der Waals surface area contributed by atoms with Crippen molar-refractivity contribution in [1.82, 2.24) is 20.1 Å². The Balaban J connectivity index is 2.05. The van der Waals surface area contributed by atoms with Crippen molar-refractivity contribution in [3.63, 3.8) is 0 Å². The lowest BCUT2D eigenvalue weighted by molar-refractivity contribution is 0.664. The number of pyridine rings is 1. The van der Waals surface area contributed by atoms with Gasteiger partial charge < -0.3 is 5.32 Å². The van der Waals surface area contributed by atoms with Crippen molar-refractivity contribution in [2.45, 2.75) is 20.0 Å². The van der Waals surface area contributed by atoms with Crippen LogP contribution in [0, 0.1) is 6.92 Å². The molecule has 0 atom stereocenters. The van der Waals surface area contributed by atoms with E-state index < -0.39 is 0 Å². The van der Waals surface area contributed by atoms with Crippen LogP contribution in [0.4, 0.5) is 0 Å². The molecule has 0 amide bonds. The average molecular weight is 216 g/mol. The standard InChI is InChI=1S/C12H16N4/c1-10-5-6-16(15-10)9-12-4-3-11(7-13-2)8-14-12/h3-6,8,13H,7,9H2,1-2H3. The largest absolute Gasteiger partial charge is 0.316 e. The Labute approximate surface area is 95.3 Å². The number of hydrogen-bond donors (Lipinski definition) is 1. The summed E-state index contributed by atoms with van der Waals surface area (Å²) >= 11 is 0. The minimum Gasteiger partial charge on any atom is -0.316 e. The van der Waals surface area contributed by atoms with E-state index in [0.717, 1.165) is 24.5 Å². The number of aryl methyl sites for hydroxylation is 1. The van der Waals surface area contributed by atoms with Gasteiger partial charge in [0.25, 0.3) is 0 Å². The molecule has 0 spiro atoms. The Bertz CT molecular complexity index is 444. The lowest BCUT2D eigenvalue weighted by atomic mass is 10.2. The third-order valence-corrected chi connectivity index (χ3v) is 2.36. The van der Waals surface area contributed by atoms with Gasteiger partial charge in [-0.25, -0.2) is 0 Å². The highest BCUT2D eigenvalue weighted by Gasteiger charge is 1.98. The highest BCUT2D eigenvalue weighted by molar-refractivity contribution is 5.14. The van der Waals surface area contributed by atoms with Crippen molar-refractivity contribution in [3.05, 3.63) is 47.5 Å². The average Bonchev–Trinajstić information content (AvgIpc) is 2.67. The number of hydrogen-bond acceptors (Lipinski definition) is 3. The molecule has 2 aromatic rings. The molecular formula is C12H16N4. The maximum atomic E-state index is 4.40. The van der Waals surface area contributed by atoms with Crippen molar-refractivity contribution in [2.24, 2.45) is 0 Å². The van der Waals surface area contributed by atoms with Crippen LogP contribution in [0.25, 0.3) is 0 Å². The topological polar surface area (TPSA) is 42.7 Å². The molecule has 0 fully saturated rings. The Morgan fingerprint density at radius 1 is 1.31 bits per heavy atom. The van der Waals surface area contributed by atoms with E-state index in [1.54, 1.807) is 0 Å². The van der Waals surface area contributed by atoms with Crippen LogP contribution in [0.3, 0.4) is 0 Å². The molecular weight excluding hydrogens is 200 g/mol. The lowest BCUT2D eigenvalue weighted by Gasteiger charge is -2.03. The molecule has 0 saturated carbocycles. The van der Waals surface area contributed by atoms with Crippen LogP contribution in [0.15, 0.2) is 30.6 Å². The second kappa shape index (κ2) is 4.90. The highest BCUT2D eigenvalue weighted by atomic mass is 15.3. The predicted molar refractivity (Wildman–Crippen MR) is 63.1 cm³/mol. The molecule has 0 aliphatic heterocycles. The van der Waals surface area contributed by atoms with E-state index in [9.17, 15) is 0 Å². The summed E-state index contributed by atoms with van der Waals surface area (Å²) in [7, 11) is 1.93. The molecule has 0 bridgehead atoms. The summed E-state index contributed by atoms with van der Waals surface area (Å²) in [4.78, 5) is 4.40. The van der Waals surface area contributed by atoms with E-state index in [0.29, 0.717) is 0 Å². The van der Waals surface area contributed by atoms with Gasteiger partial charge in [-0.3, -0.25) is 9.67 Å². The van der Waals surface area contributed by atoms with Gasteiger partial charge in [0.05, 0.1) is 17.9 Å². The molecule has 0 aromatic carbocycles. The van der Waals surface area contributed by atoms with Crippen LogP contribution in [0.5, 0.6) is 0 Å². The fraction of sp³-hybridized carbons (Fsp3) is 0.333. The summed E-state index contributed by atoms with van der Waals surface area (Å²) in [6, 6.07) is 6.13. The van der Waals surface area contributed by atoms with Crippen LogP contribution in [-0.4, -0.2) is 21.8 Å². The van der Waals surface area contributed by atoms with Crippen molar-refractivity contribution in [2.75, 3.05) is 7.05 Å². The Kier molecular flexibility index (Phi) is 3.31. The summed E-state index contributed by atoms with van der Waals surface area (Å²) < 4.78 is 1.90. The first-order valence-electron chi connectivity index (χ1n) is 5.36. The fourth-order valence-electron chi connectivity index (χ4n) is 1.57. The van der Waals surface area contributed by atoms with Crippen molar-refractivity contribution in [3.8, 4) is 0 Å². The van der Waals surface area contributed by atoms with Gasteiger partial charge in [-0.05, 0) is 31.7 Å². The Morgan fingerprint density at radius 2 is 2.19 bits per heavy atom.